The second-order valence-corrected chi connectivity index (χ2v) is 3.91. The van der Waals surface area contributed by atoms with E-state index in [0.29, 0.717) is 12.1 Å². The van der Waals surface area contributed by atoms with Crippen LogP contribution in [0.2, 0.25) is 5.02 Å². The average Bonchev–Trinajstić information content (AvgIpc) is 2.25. The van der Waals surface area contributed by atoms with E-state index in [0.717, 1.165) is 25.2 Å². The van der Waals surface area contributed by atoms with Crippen molar-refractivity contribution in [2.75, 3.05) is 19.6 Å². The first-order chi connectivity index (χ1) is 7.18. The van der Waals surface area contributed by atoms with E-state index in [4.69, 9.17) is 11.6 Å². The molecule has 1 fully saturated rings. The van der Waals surface area contributed by atoms with Gasteiger partial charge in [0.2, 0.25) is 0 Å². The van der Waals surface area contributed by atoms with Crippen molar-refractivity contribution in [1.82, 2.24) is 10.6 Å². The standard InChI is InChI=1S/C10H11ClF2N2/c11-7-4-9(13)8(12)3-6(7)10-5-14-1-2-15-10/h3-4,10,14-15H,1-2,5H2/t10-/m0/s1. The van der Waals surface area contributed by atoms with Gasteiger partial charge in [0.25, 0.3) is 0 Å². The summed E-state index contributed by atoms with van der Waals surface area (Å²) in [5, 5.41) is 6.60. The molecule has 1 atom stereocenters. The fourth-order valence-corrected chi connectivity index (χ4v) is 1.96. The molecule has 5 heteroatoms. The van der Waals surface area contributed by atoms with Crippen LogP contribution in [-0.2, 0) is 0 Å². The summed E-state index contributed by atoms with van der Waals surface area (Å²) in [4.78, 5) is 0. The zero-order valence-electron chi connectivity index (χ0n) is 7.99. The number of piperazine rings is 1. The molecule has 1 aliphatic rings. The molecule has 2 nitrogen and oxygen atoms in total. The maximum absolute atomic E-state index is 13.0. The molecular weight excluding hydrogens is 222 g/mol. The van der Waals surface area contributed by atoms with Crippen LogP contribution in [0.4, 0.5) is 8.78 Å². The Kier molecular flexibility index (Phi) is 3.19. The van der Waals surface area contributed by atoms with E-state index in [9.17, 15) is 8.78 Å². The number of rotatable bonds is 1. The third kappa shape index (κ3) is 2.27. The minimum Gasteiger partial charge on any atom is -0.314 e. The number of nitrogens with one attached hydrogen (secondary N) is 2. The number of hydrogen-bond donors (Lipinski definition) is 2. The second kappa shape index (κ2) is 4.43. The van der Waals surface area contributed by atoms with Crippen molar-refractivity contribution in [3.8, 4) is 0 Å². The fourth-order valence-electron chi connectivity index (χ4n) is 1.68. The molecule has 1 aromatic carbocycles. The van der Waals surface area contributed by atoms with E-state index < -0.39 is 11.6 Å². The molecule has 2 rings (SSSR count). The van der Waals surface area contributed by atoms with Gasteiger partial charge in [-0.1, -0.05) is 11.6 Å². The van der Waals surface area contributed by atoms with Crippen molar-refractivity contribution in [2.24, 2.45) is 0 Å². The first-order valence-electron chi connectivity index (χ1n) is 4.77. The zero-order chi connectivity index (χ0) is 10.8. The maximum atomic E-state index is 13.0. The molecule has 0 radical (unpaired) electrons. The summed E-state index contributed by atoms with van der Waals surface area (Å²) in [7, 11) is 0. The predicted octanol–water partition coefficient (Wildman–Crippen LogP) is 1.85. The molecule has 0 spiro atoms. The van der Waals surface area contributed by atoms with Crippen LogP contribution in [0.1, 0.15) is 11.6 Å². The number of benzene rings is 1. The summed E-state index contributed by atoms with van der Waals surface area (Å²) in [6.45, 7) is 2.34. The molecule has 1 heterocycles. The number of hydrogen-bond acceptors (Lipinski definition) is 2. The molecule has 0 bridgehead atoms. The van der Waals surface area contributed by atoms with Gasteiger partial charge in [0.15, 0.2) is 11.6 Å². The molecule has 1 aromatic rings. The SMILES string of the molecule is Fc1cc(Cl)c([C@@H]2CNCCN2)cc1F. The minimum atomic E-state index is -0.910. The van der Waals surface area contributed by atoms with Crippen LogP contribution < -0.4 is 10.6 Å². The van der Waals surface area contributed by atoms with Crippen molar-refractivity contribution in [2.45, 2.75) is 6.04 Å². The lowest BCUT2D eigenvalue weighted by molar-refractivity contribution is 0.426. The lowest BCUT2D eigenvalue weighted by Crippen LogP contribution is -2.42. The molecule has 0 unspecified atom stereocenters. The molecule has 0 amide bonds. The molecule has 0 saturated carbocycles. The molecule has 2 N–H and O–H groups in total. The van der Waals surface area contributed by atoms with Crippen molar-refractivity contribution in [3.63, 3.8) is 0 Å². The molecule has 0 aliphatic carbocycles. The summed E-state index contributed by atoms with van der Waals surface area (Å²) >= 11 is 5.86. The molecule has 1 saturated heterocycles. The molecule has 0 aromatic heterocycles. The third-order valence-corrected chi connectivity index (χ3v) is 2.78. The Bertz CT molecular complexity index is 365. The Hall–Kier alpha value is -0.710. The van der Waals surface area contributed by atoms with E-state index in [1.165, 1.54) is 0 Å². The van der Waals surface area contributed by atoms with Crippen LogP contribution in [-0.4, -0.2) is 19.6 Å². The van der Waals surface area contributed by atoms with Crippen LogP contribution in [0, 0.1) is 11.6 Å². The van der Waals surface area contributed by atoms with Crippen molar-refractivity contribution >= 4 is 11.6 Å². The highest BCUT2D eigenvalue weighted by Crippen LogP contribution is 2.26. The fraction of sp³-hybridized carbons (Fsp3) is 0.400. The van der Waals surface area contributed by atoms with Gasteiger partial charge in [0, 0.05) is 30.7 Å². The van der Waals surface area contributed by atoms with Gasteiger partial charge >= 0.3 is 0 Å². The van der Waals surface area contributed by atoms with Crippen LogP contribution in [0.3, 0.4) is 0 Å². The van der Waals surface area contributed by atoms with Crippen LogP contribution in [0.15, 0.2) is 12.1 Å². The Morgan fingerprint density at radius 1 is 1.20 bits per heavy atom. The van der Waals surface area contributed by atoms with Gasteiger partial charge in [-0.15, -0.1) is 0 Å². The van der Waals surface area contributed by atoms with Crippen LogP contribution in [0.25, 0.3) is 0 Å². The van der Waals surface area contributed by atoms with Gasteiger partial charge in [-0.3, -0.25) is 0 Å². The Morgan fingerprint density at radius 3 is 2.60 bits per heavy atom. The summed E-state index contributed by atoms with van der Waals surface area (Å²) in [5.74, 6) is -1.77. The highest BCUT2D eigenvalue weighted by Gasteiger charge is 2.19. The Morgan fingerprint density at radius 2 is 1.93 bits per heavy atom. The van der Waals surface area contributed by atoms with E-state index in [-0.39, 0.29) is 11.1 Å². The summed E-state index contributed by atoms with van der Waals surface area (Å²) in [5.41, 5.74) is 0.600. The largest absolute Gasteiger partial charge is 0.314 e. The minimum absolute atomic E-state index is 0.0543. The van der Waals surface area contributed by atoms with Crippen LogP contribution in [0.5, 0.6) is 0 Å². The number of halogens is 3. The van der Waals surface area contributed by atoms with Crippen molar-refractivity contribution in [1.29, 1.82) is 0 Å². The van der Waals surface area contributed by atoms with Gasteiger partial charge in [-0.2, -0.15) is 0 Å². The van der Waals surface area contributed by atoms with Gasteiger partial charge < -0.3 is 10.6 Å². The smallest absolute Gasteiger partial charge is 0.160 e. The Balaban J connectivity index is 2.30. The summed E-state index contributed by atoms with van der Waals surface area (Å²) in [6, 6.07) is 2.12. The van der Waals surface area contributed by atoms with E-state index in [1.54, 1.807) is 0 Å². The third-order valence-electron chi connectivity index (χ3n) is 2.46. The first-order valence-corrected chi connectivity index (χ1v) is 5.15. The maximum Gasteiger partial charge on any atom is 0.160 e. The lowest BCUT2D eigenvalue weighted by Gasteiger charge is -2.25. The normalized spacial score (nSPS) is 21.7. The average molecular weight is 233 g/mol. The van der Waals surface area contributed by atoms with E-state index >= 15 is 0 Å². The van der Waals surface area contributed by atoms with Crippen molar-refractivity contribution in [3.05, 3.63) is 34.4 Å². The zero-order valence-corrected chi connectivity index (χ0v) is 8.74. The second-order valence-electron chi connectivity index (χ2n) is 3.50. The van der Waals surface area contributed by atoms with E-state index in [2.05, 4.69) is 10.6 Å². The van der Waals surface area contributed by atoms with Gasteiger partial charge in [-0.05, 0) is 17.7 Å². The molecule has 1 aliphatic heterocycles. The first kappa shape index (κ1) is 10.8. The predicted molar refractivity (Wildman–Crippen MR) is 55.0 cm³/mol. The highest BCUT2D eigenvalue weighted by atomic mass is 35.5. The van der Waals surface area contributed by atoms with Gasteiger partial charge in [0.1, 0.15) is 0 Å². The van der Waals surface area contributed by atoms with Gasteiger partial charge in [0.05, 0.1) is 0 Å². The molecule has 82 valence electrons. The monoisotopic (exact) mass is 232 g/mol. The Labute approximate surface area is 91.6 Å². The lowest BCUT2D eigenvalue weighted by atomic mass is 10.1. The van der Waals surface area contributed by atoms with Gasteiger partial charge in [-0.25, -0.2) is 8.78 Å². The molecule has 15 heavy (non-hydrogen) atoms. The molecular formula is C10H11ClF2N2. The topological polar surface area (TPSA) is 24.1 Å². The summed E-state index contributed by atoms with van der Waals surface area (Å²) in [6.07, 6.45) is 0. The highest BCUT2D eigenvalue weighted by molar-refractivity contribution is 6.31. The van der Waals surface area contributed by atoms with Crippen LogP contribution >= 0.6 is 11.6 Å². The quantitative estimate of drug-likeness (QED) is 0.723. The summed E-state index contributed by atoms with van der Waals surface area (Å²) < 4.78 is 25.9. The van der Waals surface area contributed by atoms with Crippen molar-refractivity contribution < 1.29 is 8.78 Å². The van der Waals surface area contributed by atoms with E-state index in [1.807, 2.05) is 0 Å².